The number of carbonyl (C=O) groups is 1. The summed E-state index contributed by atoms with van der Waals surface area (Å²) in [5.74, 6) is 0.00456. The fraction of sp³-hybridized carbons (Fsp3) is 0.136. The lowest BCUT2D eigenvalue weighted by molar-refractivity contribution is -0.119. The maximum Gasteiger partial charge on any atom is 0.217 e. The standard InChI is InChI=1S/C22H22NOP/c1-18(24)23-22(19-11-5-2-6-12-19)17-25(20-13-7-3-8-14-20)21-15-9-4-10-16-21/h2-16,22H,17H2,1H3,(H,23,24). The van der Waals surface area contributed by atoms with Gasteiger partial charge < -0.3 is 5.32 Å². The largest absolute Gasteiger partial charge is 0.349 e. The van der Waals surface area contributed by atoms with Gasteiger partial charge in [0.2, 0.25) is 5.91 Å². The molecule has 3 aromatic rings. The van der Waals surface area contributed by atoms with Gasteiger partial charge in [0.15, 0.2) is 0 Å². The van der Waals surface area contributed by atoms with Gasteiger partial charge >= 0.3 is 0 Å². The minimum absolute atomic E-state index is 0.00456. The van der Waals surface area contributed by atoms with E-state index < -0.39 is 7.92 Å². The highest BCUT2D eigenvalue weighted by atomic mass is 31.1. The fourth-order valence-corrected chi connectivity index (χ4v) is 5.37. The predicted molar refractivity (Wildman–Crippen MR) is 107 cm³/mol. The smallest absolute Gasteiger partial charge is 0.217 e. The van der Waals surface area contributed by atoms with Gasteiger partial charge in [-0.3, -0.25) is 4.79 Å². The predicted octanol–water partition coefficient (Wildman–Crippen LogP) is 4.00. The van der Waals surface area contributed by atoms with Crippen LogP contribution in [0.5, 0.6) is 0 Å². The first-order valence-electron chi connectivity index (χ1n) is 8.44. The summed E-state index contributed by atoms with van der Waals surface area (Å²) >= 11 is 0. The van der Waals surface area contributed by atoms with E-state index in [0.717, 1.165) is 11.7 Å². The second-order valence-electron chi connectivity index (χ2n) is 5.95. The average molecular weight is 347 g/mol. The van der Waals surface area contributed by atoms with Crippen LogP contribution < -0.4 is 15.9 Å². The van der Waals surface area contributed by atoms with Crippen LogP contribution in [0.3, 0.4) is 0 Å². The fourth-order valence-electron chi connectivity index (χ4n) is 2.92. The Labute approximate surface area is 150 Å². The third-order valence-electron chi connectivity index (χ3n) is 4.08. The van der Waals surface area contributed by atoms with Gasteiger partial charge in [0, 0.05) is 13.1 Å². The Balaban J connectivity index is 1.96. The van der Waals surface area contributed by atoms with Crippen LogP contribution in [-0.4, -0.2) is 12.1 Å². The van der Waals surface area contributed by atoms with Gasteiger partial charge in [0.05, 0.1) is 6.04 Å². The second kappa shape index (κ2) is 8.60. The monoisotopic (exact) mass is 347 g/mol. The van der Waals surface area contributed by atoms with Crippen molar-refractivity contribution >= 4 is 24.4 Å². The SMILES string of the molecule is CC(=O)NC(CP(c1ccccc1)c1ccccc1)c1ccccc1. The lowest BCUT2D eigenvalue weighted by Gasteiger charge is -2.26. The van der Waals surface area contributed by atoms with Gasteiger partial charge in [0.25, 0.3) is 0 Å². The molecule has 0 radical (unpaired) electrons. The number of amides is 1. The summed E-state index contributed by atoms with van der Waals surface area (Å²) < 4.78 is 0. The Morgan fingerprint density at radius 3 is 1.68 bits per heavy atom. The highest BCUT2D eigenvalue weighted by molar-refractivity contribution is 7.73. The first-order valence-corrected chi connectivity index (χ1v) is 9.96. The summed E-state index contributed by atoms with van der Waals surface area (Å²) in [5, 5.41) is 5.80. The van der Waals surface area contributed by atoms with Crippen molar-refractivity contribution in [2.75, 3.05) is 6.16 Å². The molecular weight excluding hydrogens is 325 g/mol. The van der Waals surface area contributed by atoms with E-state index in [1.807, 2.05) is 30.3 Å². The van der Waals surface area contributed by atoms with Gasteiger partial charge in [-0.1, -0.05) is 91.0 Å². The molecule has 0 heterocycles. The van der Waals surface area contributed by atoms with E-state index in [0.29, 0.717) is 0 Å². The molecule has 0 fully saturated rings. The lowest BCUT2D eigenvalue weighted by atomic mass is 10.1. The van der Waals surface area contributed by atoms with E-state index in [4.69, 9.17) is 0 Å². The van der Waals surface area contributed by atoms with Crippen LogP contribution >= 0.6 is 7.92 Å². The molecule has 3 heteroatoms. The number of hydrogen-bond acceptors (Lipinski definition) is 1. The van der Waals surface area contributed by atoms with Crippen molar-refractivity contribution in [1.82, 2.24) is 5.32 Å². The minimum atomic E-state index is -0.559. The molecule has 2 nitrogen and oxygen atoms in total. The molecule has 25 heavy (non-hydrogen) atoms. The van der Waals surface area contributed by atoms with E-state index in [2.05, 4.69) is 66.0 Å². The molecule has 0 aromatic heterocycles. The van der Waals surface area contributed by atoms with Gasteiger partial charge in [0.1, 0.15) is 0 Å². The number of hydrogen-bond donors (Lipinski definition) is 1. The molecule has 0 spiro atoms. The quantitative estimate of drug-likeness (QED) is 0.671. The first kappa shape index (κ1) is 17.4. The molecule has 0 saturated heterocycles. The Kier molecular flexibility index (Phi) is 5.98. The molecule has 0 saturated carbocycles. The summed E-state index contributed by atoms with van der Waals surface area (Å²) in [6.45, 7) is 1.59. The van der Waals surface area contributed by atoms with Crippen molar-refractivity contribution in [3.63, 3.8) is 0 Å². The van der Waals surface area contributed by atoms with Gasteiger partial charge in [-0.2, -0.15) is 0 Å². The Morgan fingerprint density at radius 1 is 0.800 bits per heavy atom. The van der Waals surface area contributed by atoms with Crippen molar-refractivity contribution < 1.29 is 4.79 Å². The zero-order valence-electron chi connectivity index (χ0n) is 14.3. The molecule has 1 amide bonds. The summed E-state index contributed by atoms with van der Waals surface area (Å²) in [6, 6.07) is 31.4. The zero-order valence-corrected chi connectivity index (χ0v) is 15.2. The number of carbonyl (C=O) groups excluding carboxylic acids is 1. The third kappa shape index (κ3) is 4.78. The Morgan fingerprint density at radius 2 is 1.24 bits per heavy atom. The Hall–Kier alpha value is -2.44. The van der Waals surface area contributed by atoms with Crippen molar-refractivity contribution in [3.8, 4) is 0 Å². The van der Waals surface area contributed by atoms with Crippen molar-refractivity contribution in [2.45, 2.75) is 13.0 Å². The number of nitrogens with one attached hydrogen (secondary N) is 1. The molecule has 1 atom stereocenters. The summed E-state index contributed by atoms with van der Waals surface area (Å²) in [4.78, 5) is 11.8. The van der Waals surface area contributed by atoms with Crippen LogP contribution in [-0.2, 0) is 4.79 Å². The zero-order chi connectivity index (χ0) is 17.5. The minimum Gasteiger partial charge on any atom is -0.349 e. The number of benzene rings is 3. The van der Waals surface area contributed by atoms with Crippen LogP contribution in [0.15, 0.2) is 91.0 Å². The van der Waals surface area contributed by atoms with Crippen LogP contribution in [0, 0.1) is 0 Å². The highest BCUT2D eigenvalue weighted by Gasteiger charge is 2.21. The van der Waals surface area contributed by atoms with Crippen molar-refractivity contribution in [1.29, 1.82) is 0 Å². The third-order valence-corrected chi connectivity index (χ3v) is 6.65. The summed E-state index contributed by atoms with van der Waals surface area (Å²) in [7, 11) is -0.559. The van der Waals surface area contributed by atoms with E-state index in [-0.39, 0.29) is 11.9 Å². The molecule has 1 unspecified atom stereocenters. The molecule has 0 aliphatic heterocycles. The maximum absolute atomic E-state index is 11.8. The normalized spacial score (nSPS) is 11.9. The molecule has 126 valence electrons. The van der Waals surface area contributed by atoms with Crippen LogP contribution in [0.2, 0.25) is 0 Å². The van der Waals surface area contributed by atoms with Crippen LogP contribution in [0.1, 0.15) is 18.5 Å². The topological polar surface area (TPSA) is 29.1 Å². The molecule has 0 bridgehead atoms. The maximum atomic E-state index is 11.8. The van der Waals surface area contributed by atoms with E-state index >= 15 is 0 Å². The van der Waals surface area contributed by atoms with Crippen LogP contribution in [0.4, 0.5) is 0 Å². The molecule has 3 aromatic carbocycles. The van der Waals surface area contributed by atoms with E-state index in [1.165, 1.54) is 10.6 Å². The number of rotatable bonds is 6. The highest BCUT2D eigenvalue weighted by Crippen LogP contribution is 2.37. The molecule has 0 aliphatic rings. The summed E-state index contributed by atoms with van der Waals surface area (Å²) in [5.41, 5.74) is 1.15. The van der Waals surface area contributed by atoms with E-state index in [1.54, 1.807) is 6.92 Å². The molecular formula is C22H22NOP. The first-order chi connectivity index (χ1) is 12.2. The van der Waals surface area contributed by atoms with Crippen molar-refractivity contribution in [3.05, 3.63) is 96.6 Å². The summed E-state index contributed by atoms with van der Waals surface area (Å²) in [6.07, 6.45) is 0.882. The average Bonchev–Trinajstić information content (AvgIpc) is 2.67. The Bertz CT molecular complexity index is 751. The lowest BCUT2D eigenvalue weighted by Crippen LogP contribution is -2.30. The van der Waals surface area contributed by atoms with Gasteiger partial charge in [-0.05, 0) is 24.1 Å². The van der Waals surface area contributed by atoms with Gasteiger partial charge in [-0.15, -0.1) is 0 Å². The van der Waals surface area contributed by atoms with Crippen molar-refractivity contribution in [2.24, 2.45) is 0 Å². The molecule has 0 aliphatic carbocycles. The van der Waals surface area contributed by atoms with Crippen LogP contribution in [0.25, 0.3) is 0 Å². The molecule has 1 N–H and O–H groups in total. The van der Waals surface area contributed by atoms with Gasteiger partial charge in [-0.25, -0.2) is 0 Å². The van der Waals surface area contributed by atoms with E-state index in [9.17, 15) is 4.79 Å². The second-order valence-corrected chi connectivity index (χ2v) is 8.20. The molecule has 3 rings (SSSR count).